The van der Waals surface area contributed by atoms with Gasteiger partial charge in [-0.2, -0.15) is 4.98 Å². The van der Waals surface area contributed by atoms with E-state index >= 15 is 0 Å². The Morgan fingerprint density at radius 1 is 0.970 bits per heavy atom. The maximum Gasteiger partial charge on any atom is 0.296 e. The molecule has 0 unspecified atom stereocenters. The summed E-state index contributed by atoms with van der Waals surface area (Å²) in [5, 5.41) is 6.84. The smallest absolute Gasteiger partial charge is 0.296 e. The summed E-state index contributed by atoms with van der Waals surface area (Å²) in [4.78, 5) is 30.2. The Hall–Kier alpha value is -4.40. The van der Waals surface area contributed by atoms with Crippen molar-refractivity contribution in [3.63, 3.8) is 0 Å². The van der Waals surface area contributed by atoms with Gasteiger partial charge in [0, 0.05) is 5.69 Å². The lowest BCUT2D eigenvalue weighted by molar-refractivity contribution is 0.101. The highest BCUT2D eigenvalue weighted by Gasteiger charge is 2.19. The maximum absolute atomic E-state index is 13.7. The highest BCUT2D eigenvalue weighted by Crippen LogP contribution is 2.18. The third-order valence-corrected chi connectivity index (χ3v) is 5.23. The van der Waals surface area contributed by atoms with Gasteiger partial charge in [0.25, 0.3) is 11.5 Å². The molecule has 1 N–H and O–H groups in total. The normalized spacial score (nSPS) is 11.2. The molecule has 3 aromatic carbocycles. The number of carbonyl (C=O) groups excluding carboxylic acids is 1. The molecule has 0 aliphatic carbocycles. The van der Waals surface area contributed by atoms with Crippen LogP contribution in [0.5, 0.6) is 0 Å². The lowest BCUT2D eigenvalue weighted by Crippen LogP contribution is -2.24. The van der Waals surface area contributed by atoms with Crippen LogP contribution in [0.4, 0.5) is 14.5 Å². The summed E-state index contributed by atoms with van der Waals surface area (Å²) in [6, 6.07) is 16.7. The Morgan fingerprint density at radius 2 is 1.76 bits per heavy atom. The van der Waals surface area contributed by atoms with Gasteiger partial charge >= 0.3 is 0 Å². The number of halogens is 2. The van der Waals surface area contributed by atoms with Crippen molar-refractivity contribution in [3.8, 4) is 0 Å². The molecule has 0 aliphatic rings. The van der Waals surface area contributed by atoms with E-state index in [-0.39, 0.29) is 18.0 Å². The fourth-order valence-corrected chi connectivity index (χ4v) is 3.67. The summed E-state index contributed by atoms with van der Waals surface area (Å²) in [6.45, 7) is 2.01. The van der Waals surface area contributed by atoms with Crippen LogP contribution in [0.1, 0.15) is 21.7 Å². The van der Waals surface area contributed by atoms with Crippen molar-refractivity contribution in [2.24, 2.45) is 0 Å². The molecule has 1 amide bonds. The summed E-state index contributed by atoms with van der Waals surface area (Å²) in [5.41, 5.74) is 2.54. The van der Waals surface area contributed by atoms with Crippen LogP contribution in [0.25, 0.3) is 16.7 Å². The molecule has 0 saturated carbocycles. The van der Waals surface area contributed by atoms with Gasteiger partial charge in [0.15, 0.2) is 0 Å². The zero-order chi connectivity index (χ0) is 23.1. The largest absolute Gasteiger partial charge is 0.319 e. The van der Waals surface area contributed by atoms with Gasteiger partial charge in [-0.05, 0) is 66.6 Å². The first-order chi connectivity index (χ1) is 15.9. The molecule has 0 spiro atoms. The van der Waals surface area contributed by atoms with Crippen molar-refractivity contribution in [2.45, 2.75) is 13.5 Å². The van der Waals surface area contributed by atoms with E-state index in [1.54, 1.807) is 18.2 Å². The van der Waals surface area contributed by atoms with Gasteiger partial charge in [0.05, 0.1) is 17.6 Å². The number of carbonyl (C=O) groups is 1. The van der Waals surface area contributed by atoms with Gasteiger partial charge in [-0.15, -0.1) is 5.10 Å². The van der Waals surface area contributed by atoms with Gasteiger partial charge < -0.3 is 5.32 Å². The number of nitrogens with one attached hydrogen (secondary N) is 1. The van der Waals surface area contributed by atoms with Crippen molar-refractivity contribution in [1.82, 2.24) is 19.2 Å². The number of aryl methyl sites for hydroxylation is 1. The standard InChI is InChI=1S/C24H17F2N5O2/c1-14-5-10-19-20(11-14)30(13-15-3-2-4-17(26)12-15)24(33)22-28-21(29-31(19)22)23(32)27-18-8-6-16(25)7-9-18/h2-12H,13H2,1H3,(H,27,32). The molecule has 7 nitrogen and oxygen atoms in total. The summed E-state index contributed by atoms with van der Waals surface area (Å²) in [5.74, 6) is -1.67. The lowest BCUT2D eigenvalue weighted by atomic mass is 10.2. The maximum atomic E-state index is 13.7. The van der Waals surface area contributed by atoms with Crippen molar-refractivity contribution >= 4 is 28.3 Å². The highest BCUT2D eigenvalue weighted by molar-refractivity contribution is 6.02. The van der Waals surface area contributed by atoms with Crippen LogP contribution in [0.3, 0.4) is 0 Å². The SMILES string of the molecule is Cc1ccc2c(c1)n(Cc1cccc(F)c1)c(=O)c1nc(C(=O)Nc3ccc(F)cc3)nn12. The molecule has 0 atom stereocenters. The Kier molecular flexibility index (Phi) is 4.93. The monoisotopic (exact) mass is 445 g/mol. The minimum absolute atomic E-state index is 0.0352. The first-order valence-corrected chi connectivity index (χ1v) is 10.1. The van der Waals surface area contributed by atoms with E-state index in [9.17, 15) is 18.4 Å². The van der Waals surface area contributed by atoms with E-state index in [4.69, 9.17) is 0 Å². The molecule has 0 bridgehead atoms. The van der Waals surface area contributed by atoms with Crippen LogP contribution in [-0.4, -0.2) is 25.1 Å². The second-order valence-corrected chi connectivity index (χ2v) is 7.65. The minimum Gasteiger partial charge on any atom is -0.319 e. The van der Waals surface area contributed by atoms with Gasteiger partial charge in [-0.1, -0.05) is 18.2 Å². The predicted octanol–water partition coefficient (Wildman–Crippen LogP) is 3.93. The van der Waals surface area contributed by atoms with E-state index in [2.05, 4.69) is 15.4 Å². The molecule has 9 heteroatoms. The molecule has 0 radical (unpaired) electrons. The molecular weight excluding hydrogens is 428 g/mol. The number of anilines is 1. The summed E-state index contributed by atoms with van der Waals surface area (Å²) in [7, 11) is 0. The highest BCUT2D eigenvalue weighted by atomic mass is 19.1. The van der Waals surface area contributed by atoms with Crippen molar-refractivity contribution in [2.75, 3.05) is 5.32 Å². The number of hydrogen-bond donors (Lipinski definition) is 1. The number of fused-ring (bicyclic) bond motifs is 3. The fourth-order valence-electron chi connectivity index (χ4n) is 3.67. The van der Waals surface area contributed by atoms with E-state index in [1.807, 2.05) is 19.1 Å². The second kappa shape index (κ2) is 7.94. The van der Waals surface area contributed by atoms with Crippen LogP contribution in [0, 0.1) is 18.6 Å². The molecule has 0 aliphatic heterocycles. The second-order valence-electron chi connectivity index (χ2n) is 7.65. The Labute approximate surface area is 185 Å². The van der Waals surface area contributed by atoms with E-state index < -0.39 is 23.1 Å². The number of nitrogens with zero attached hydrogens (tertiary/aromatic N) is 4. The predicted molar refractivity (Wildman–Crippen MR) is 119 cm³/mol. The molecule has 0 saturated heterocycles. The summed E-state index contributed by atoms with van der Waals surface area (Å²) < 4.78 is 29.7. The van der Waals surface area contributed by atoms with Crippen LogP contribution >= 0.6 is 0 Å². The number of hydrogen-bond acceptors (Lipinski definition) is 4. The molecule has 164 valence electrons. The number of amides is 1. The zero-order valence-electron chi connectivity index (χ0n) is 17.4. The van der Waals surface area contributed by atoms with Crippen molar-refractivity contribution < 1.29 is 13.6 Å². The lowest BCUT2D eigenvalue weighted by Gasteiger charge is -2.12. The fraction of sp³-hybridized carbons (Fsp3) is 0.0833. The average Bonchev–Trinajstić information content (AvgIpc) is 3.24. The van der Waals surface area contributed by atoms with Crippen LogP contribution in [0.2, 0.25) is 0 Å². The molecular formula is C24H17F2N5O2. The zero-order valence-corrected chi connectivity index (χ0v) is 17.4. The van der Waals surface area contributed by atoms with Crippen molar-refractivity contribution in [3.05, 3.63) is 106 Å². The third kappa shape index (κ3) is 3.84. The summed E-state index contributed by atoms with van der Waals surface area (Å²) >= 11 is 0. The molecule has 5 aromatic rings. The number of rotatable bonds is 4. The van der Waals surface area contributed by atoms with Gasteiger partial charge in [-0.3, -0.25) is 14.2 Å². The first kappa shape index (κ1) is 20.5. The van der Waals surface area contributed by atoms with E-state index in [0.29, 0.717) is 22.3 Å². The molecule has 2 aromatic heterocycles. The number of aromatic nitrogens is 4. The Morgan fingerprint density at radius 3 is 2.52 bits per heavy atom. The Bertz CT molecular complexity index is 1590. The van der Waals surface area contributed by atoms with E-state index in [1.165, 1.54) is 45.5 Å². The van der Waals surface area contributed by atoms with Crippen LogP contribution in [0.15, 0.2) is 71.5 Å². The van der Waals surface area contributed by atoms with Crippen LogP contribution < -0.4 is 10.9 Å². The molecule has 2 heterocycles. The minimum atomic E-state index is -0.637. The quantitative estimate of drug-likeness (QED) is 0.455. The van der Waals surface area contributed by atoms with Crippen molar-refractivity contribution in [1.29, 1.82) is 0 Å². The third-order valence-electron chi connectivity index (χ3n) is 5.23. The van der Waals surface area contributed by atoms with Gasteiger partial charge in [0.2, 0.25) is 11.5 Å². The van der Waals surface area contributed by atoms with Gasteiger partial charge in [-0.25, -0.2) is 13.3 Å². The average molecular weight is 445 g/mol. The van der Waals surface area contributed by atoms with Gasteiger partial charge in [0.1, 0.15) is 11.6 Å². The first-order valence-electron chi connectivity index (χ1n) is 10.1. The van der Waals surface area contributed by atoms with E-state index in [0.717, 1.165) is 5.56 Å². The topological polar surface area (TPSA) is 81.3 Å². The number of benzene rings is 3. The molecule has 0 fully saturated rings. The summed E-state index contributed by atoms with van der Waals surface area (Å²) in [6.07, 6.45) is 0. The van der Waals surface area contributed by atoms with Crippen LogP contribution in [-0.2, 0) is 6.54 Å². The molecule has 33 heavy (non-hydrogen) atoms. The molecule has 5 rings (SSSR count). The Balaban J connectivity index is 1.64.